The molecule has 1 saturated heterocycles. The monoisotopic (exact) mass is 285 g/mol. The van der Waals surface area contributed by atoms with Gasteiger partial charge in [0.15, 0.2) is 0 Å². The molecule has 1 aliphatic heterocycles. The zero-order chi connectivity index (χ0) is 15.0. The van der Waals surface area contributed by atoms with E-state index in [9.17, 15) is 4.79 Å². The number of carbonyl (C=O) groups excluding carboxylic acids is 1. The molecule has 112 valence electrons. The number of piperidine rings is 1. The van der Waals surface area contributed by atoms with E-state index in [0.29, 0.717) is 5.92 Å². The van der Waals surface area contributed by atoms with Gasteiger partial charge in [0.2, 0.25) is 0 Å². The maximum Gasteiger partial charge on any atom is 0.253 e. The minimum absolute atomic E-state index is 0.0624. The lowest BCUT2D eigenvalue weighted by molar-refractivity contribution is 0.0828. The minimum atomic E-state index is 0.0624. The van der Waals surface area contributed by atoms with E-state index in [4.69, 9.17) is 0 Å². The summed E-state index contributed by atoms with van der Waals surface area (Å²) in [5, 5.41) is 1.21. The van der Waals surface area contributed by atoms with Gasteiger partial charge in [-0.2, -0.15) is 0 Å². The van der Waals surface area contributed by atoms with Crippen molar-refractivity contribution in [1.82, 2.24) is 14.8 Å². The molecule has 2 heterocycles. The third-order valence-electron chi connectivity index (χ3n) is 4.53. The van der Waals surface area contributed by atoms with Gasteiger partial charge in [-0.3, -0.25) is 4.79 Å². The molecule has 0 spiro atoms. The topological polar surface area (TPSA) is 39.3 Å². The average molecular weight is 285 g/mol. The van der Waals surface area contributed by atoms with Crippen LogP contribution in [0.25, 0.3) is 10.9 Å². The summed E-state index contributed by atoms with van der Waals surface area (Å²) < 4.78 is 0. The number of amides is 1. The lowest BCUT2D eigenvalue weighted by Crippen LogP contribution is -2.29. The van der Waals surface area contributed by atoms with Crippen LogP contribution in [0.1, 0.15) is 34.7 Å². The SMILES string of the molecule is CN1CCC(c2c[nH]c3ccc(C(=O)N(C)C)cc23)CC1. The Morgan fingerprint density at radius 1 is 1.29 bits per heavy atom. The van der Waals surface area contributed by atoms with Crippen LogP contribution in [0, 0.1) is 0 Å². The molecule has 1 N–H and O–H groups in total. The van der Waals surface area contributed by atoms with Crippen molar-refractivity contribution in [3.8, 4) is 0 Å². The summed E-state index contributed by atoms with van der Waals surface area (Å²) >= 11 is 0. The Hall–Kier alpha value is -1.81. The fourth-order valence-electron chi connectivity index (χ4n) is 3.19. The summed E-state index contributed by atoms with van der Waals surface area (Å²) in [6.45, 7) is 2.29. The van der Waals surface area contributed by atoms with Gasteiger partial charge < -0.3 is 14.8 Å². The Morgan fingerprint density at radius 2 is 2.00 bits per heavy atom. The van der Waals surface area contributed by atoms with E-state index in [0.717, 1.165) is 24.2 Å². The second kappa shape index (κ2) is 5.53. The number of hydrogen-bond donors (Lipinski definition) is 1. The highest BCUT2D eigenvalue weighted by Crippen LogP contribution is 2.33. The third kappa shape index (κ3) is 2.68. The standard InChI is InChI=1S/C17H23N3O/c1-19(2)17(21)13-4-5-16-14(10-13)15(11-18-16)12-6-8-20(3)9-7-12/h4-5,10-12,18H,6-9H2,1-3H3. The molecule has 1 aliphatic rings. The fourth-order valence-corrected chi connectivity index (χ4v) is 3.19. The Morgan fingerprint density at radius 3 is 2.67 bits per heavy atom. The second-order valence-corrected chi connectivity index (χ2v) is 6.28. The van der Waals surface area contributed by atoms with Gasteiger partial charge in [-0.05, 0) is 62.7 Å². The van der Waals surface area contributed by atoms with Crippen LogP contribution in [0.15, 0.2) is 24.4 Å². The summed E-state index contributed by atoms with van der Waals surface area (Å²) in [5.74, 6) is 0.659. The van der Waals surface area contributed by atoms with E-state index in [-0.39, 0.29) is 5.91 Å². The van der Waals surface area contributed by atoms with Crippen LogP contribution in [0.4, 0.5) is 0 Å². The van der Waals surface area contributed by atoms with E-state index in [1.807, 2.05) is 18.2 Å². The molecule has 4 nitrogen and oxygen atoms in total. The Bertz CT molecular complexity index is 651. The Balaban J connectivity index is 1.96. The van der Waals surface area contributed by atoms with Crippen LogP contribution in [0.3, 0.4) is 0 Å². The summed E-state index contributed by atoms with van der Waals surface area (Å²) in [7, 11) is 5.77. The predicted molar refractivity (Wildman–Crippen MR) is 85.8 cm³/mol. The molecule has 2 aromatic rings. The van der Waals surface area contributed by atoms with E-state index in [2.05, 4.69) is 23.1 Å². The molecule has 4 heteroatoms. The molecule has 0 radical (unpaired) electrons. The van der Waals surface area contributed by atoms with Gasteiger partial charge >= 0.3 is 0 Å². The van der Waals surface area contributed by atoms with Crippen molar-refractivity contribution < 1.29 is 4.79 Å². The van der Waals surface area contributed by atoms with E-state index in [1.54, 1.807) is 19.0 Å². The van der Waals surface area contributed by atoms with Crippen molar-refractivity contribution in [2.45, 2.75) is 18.8 Å². The molecule has 0 saturated carbocycles. The molecule has 0 unspecified atom stereocenters. The quantitative estimate of drug-likeness (QED) is 0.921. The summed E-state index contributed by atoms with van der Waals surface area (Å²) in [4.78, 5) is 19.5. The lowest BCUT2D eigenvalue weighted by Gasteiger charge is -2.28. The fraction of sp³-hybridized carbons (Fsp3) is 0.471. The molecule has 1 amide bonds. The third-order valence-corrected chi connectivity index (χ3v) is 4.53. The normalized spacial score (nSPS) is 17.3. The number of H-pyrrole nitrogens is 1. The van der Waals surface area contributed by atoms with Gasteiger partial charge in [-0.1, -0.05) is 0 Å². The van der Waals surface area contributed by atoms with Crippen molar-refractivity contribution in [1.29, 1.82) is 0 Å². The number of nitrogens with zero attached hydrogens (tertiary/aromatic N) is 2. The van der Waals surface area contributed by atoms with E-state index in [1.165, 1.54) is 23.8 Å². The summed E-state index contributed by atoms with van der Waals surface area (Å²) in [6.07, 6.45) is 4.51. The van der Waals surface area contributed by atoms with Gasteiger partial charge in [-0.25, -0.2) is 0 Å². The number of likely N-dealkylation sites (tertiary alicyclic amines) is 1. The first-order valence-electron chi connectivity index (χ1n) is 7.57. The molecule has 1 fully saturated rings. The second-order valence-electron chi connectivity index (χ2n) is 6.28. The Kier molecular flexibility index (Phi) is 3.72. The molecule has 21 heavy (non-hydrogen) atoms. The molecule has 1 aromatic carbocycles. The lowest BCUT2D eigenvalue weighted by atomic mass is 9.89. The predicted octanol–water partition coefficient (Wildman–Crippen LogP) is 2.68. The average Bonchev–Trinajstić information content (AvgIpc) is 2.90. The van der Waals surface area contributed by atoms with Gasteiger partial charge in [-0.15, -0.1) is 0 Å². The van der Waals surface area contributed by atoms with Crippen LogP contribution >= 0.6 is 0 Å². The van der Waals surface area contributed by atoms with Crippen molar-refractivity contribution in [2.24, 2.45) is 0 Å². The highest BCUT2D eigenvalue weighted by atomic mass is 16.2. The van der Waals surface area contributed by atoms with Crippen LogP contribution in [0.5, 0.6) is 0 Å². The maximum absolute atomic E-state index is 12.1. The van der Waals surface area contributed by atoms with Crippen LogP contribution in [-0.2, 0) is 0 Å². The number of rotatable bonds is 2. The first-order valence-corrected chi connectivity index (χ1v) is 7.57. The van der Waals surface area contributed by atoms with Crippen LogP contribution in [0.2, 0.25) is 0 Å². The number of nitrogens with one attached hydrogen (secondary N) is 1. The van der Waals surface area contributed by atoms with E-state index < -0.39 is 0 Å². The Labute approximate surface area is 125 Å². The molecule has 0 atom stereocenters. The molecule has 1 aromatic heterocycles. The minimum Gasteiger partial charge on any atom is -0.361 e. The van der Waals surface area contributed by atoms with E-state index >= 15 is 0 Å². The number of benzene rings is 1. The molecular weight excluding hydrogens is 262 g/mol. The zero-order valence-corrected chi connectivity index (χ0v) is 13.0. The highest BCUT2D eigenvalue weighted by Gasteiger charge is 2.21. The molecule has 0 bridgehead atoms. The summed E-state index contributed by atoms with van der Waals surface area (Å²) in [5.41, 5.74) is 3.26. The zero-order valence-electron chi connectivity index (χ0n) is 13.0. The first-order chi connectivity index (χ1) is 10.1. The van der Waals surface area contributed by atoms with Gasteiger partial charge in [0, 0.05) is 36.8 Å². The number of aromatic nitrogens is 1. The van der Waals surface area contributed by atoms with Crippen LogP contribution in [-0.4, -0.2) is 54.9 Å². The van der Waals surface area contributed by atoms with Gasteiger partial charge in [0.25, 0.3) is 5.91 Å². The van der Waals surface area contributed by atoms with Gasteiger partial charge in [0.1, 0.15) is 0 Å². The smallest absolute Gasteiger partial charge is 0.253 e. The maximum atomic E-state index is 12.1. The van der Waals surface area contributed by atoms with Crippen LogP contribution < -0.4 is 0 Å². The molecule has 0 aliphatic carbocycles. The first kappa shape index (κ1) is 14.1. The van der Waals surface area contributed by atoms with Crippen molar-refractivity contribution in [3.63, 3.8) is 0 Å². The van der Waals surface area contributed by atoms with Crippen molar-refractivity contribution in [2.75, 3.05) is 34.2 Å². The number of fused-ring (bicyclic) bond motifs is 1. The number of carbonyl (C=O) groups is 1. The molecular formula is C17H23N3O. The number of aromatic amines is 1. The van der Waals surface area contributed by atoms with Gasteiger partial charge in [0.05, 0.1) is 0 Å². The molecule has 3 rings (SSSR count). The summed E-state index contributed by atoms with van der Waals surface area (Å²) in [6, 6.07) is 5.96. The van der Waals surface area contributed by atoms with Crippen molar-refractivity contribution >= 4 is 16.8 Å². The van der Waals surface area contributed by atoms with Crippen molar-refractivity contribution in [3.05, 3.63) is 35.5 Å². The number of hydrogen-bond acceptors (Lipinski definition) is 2. The largest absolute Gasteiger partial charge is 0.361 e. The highest BCUT2D eigenvalue weighted by molar-refractivity contribution is 5.98.